The van der Waals surface area contributed by atoms with Crippen LogP contribution >= 0.6 is 0 Å². The minimum absolute atomic E-state index is 0.0179. The second kappa shape index (κ2) is 8.72. The Morgan fingerprint density at radius 2 is 1.67 bits per heavy atom. The number of anilines is 1. The van der Waals surface area contributed by atoms with E-state index < -0.39 is 5.97 Å². The van der Waals surface area contributed by atoms with E-state index in [-0.39, 0.29) is 19.0 Å². The normalized spacial score (nSPS) is 10.2. The Morgan fingerprint density at radius 1 is 1.00 bits per heavy atom. The van der Waals surface area contributed by atoms with E-state index in [1.54, 1.807) is 17.0 Å². The maximum absolute atomic E-state index is 12.1. The molecule has 0 aliphatic rings. The van der Waals surface area contributed by atoms with Crippen molar-refractivity contribution >= 4 is 17.6 Å². The van der Waals surface area contributed by atoms with Gasteiger partial charge in [-0.3, -0.25) is 9.59 Å². The number of carbonyl (C=O) groups is 2. The second-order valence-corrected chi connectivity index (χ2v) is 5.61. The van der Waals surface area contributed by atoms with Crippen molar-refractivity contribution in [1.82, 2.24) is 5.32 Å². The van der Waals surface area contributed by atoms with Crippen LogP contribution in [-0.2, 0) is 16.0 Å². The first-order valence-corrected chi connectivity index (χ1v) is 7.89. The Bertz CT molecular complexity index is 686. The number of nitrogens with one attached hydrogen (secondary N) is 1. The molecule has 0 heterocycles. The molecule has 0 aliphatic carbocycles. The highest BCUT2D eigenvalue weighted by molar-refractivity contribution is 5.84. The average Bonchev–Trinajstić information content (AvgIpc) is 2.56. The third-order valence-corrected chi connectivity index (χ3v) is 3.76. The summed E-state index contributed by atoms with van der Waals surface area (Å²) >= 11 is 0. The van der Waals surface area contributed by atoms with Gasteiger partial charge in [0.25, 0.3) is 0 Å². The van der Waals surface area contributed by atoms with Gasteiger partial charge in [0.1, 0.15) is 6.54 Å². The third-order valence-electron chi connectivity index (χ3n) is 3.76. The minimum atomic E-state index is -0.966. The van der Waals surface area contributed by atoms with Crippen molar-refractivity contribution in [3.63, 3.8) is 0 Å². The van der Waals surface area contributed by atoms with Crippen LogP contribution in [-0.4, -0.2) is 36.6 Å². The number of aryl methyl sites for hydroxylation is 1. The summed E-state index contributed by atoms with van der Waals surface area (Å²) in [6.45, 7) is 2.37. The number of hydrogen-bond acceptors (Lipinski definition) is 3. The Balaban J connectivity index is 1.88. The topological polar surface area (TPSA) is 69.6 Å². The fourth-order valence-electron chi connectivity index (χ4n) is 2.50. The van der Waals surface area contributed by atoms with Gasteiger partial charge < -0.3 is 15.3 Å². The molecule has 0 aliphatic heterocycles. The quantitative estimate of drug-likeness (QED) is 0.780. The molecule has 24 heavy (non-hydrogen) atoms. The molecule has 1 amide bonds. The number of benzene rings is 2. The molecule has 5 heteroatoms. The zero-order valence-electron chi connectivity index (χ0n) is 13.7. The molecule has 0 atom stereocenters. The summed E-state index contributed by atoms with van der Waals surface area (Å²) in [5, 5.41) is 11.9. The van der Waals surface area contributed by atoms with Crippen LogP contribution in [0.2, 0.25) is 0 Å². The lowest BCUT2D eigenvalue weighted by Crippen LogP contribution is -2.40. The van der Waals surface area contributed by atoms with Gasteiger partial charge in [-0.1, -0.05) is 42.5 Å². The highest BCUT2D eigenvalue weighted by Gasteiger charge is 2.14. The molecule has 0 bridgehead atoms. The van der Waals surface area contributed by atoms with Crippen molar-refractivity contribution in [3.05, 3.63) is 65.7 Å². The van der Waals surface area contributed by atoms with Crippen molar-refractivity contribution in [2.45, 2.75) is 13.3 Å². The highest BCUT2D eigenvalue weighted by atomic mass is 16.4. The summed E-state index contributed by atoms with van der Waals surface area (Å²) < 4.78 is 0. The van der Waals surface area contributed by atoms with Crippen LogP contribution < -0.4 is 10.2 Å². The van der Waals surface area contributed by atoms with Crippen LogP contribution in [0.5, 0.6) is 0 Å². The van der Waals surface area contributed by atoms with Gasteiger partial charge >= 0.3 is 5.97 Å². The lowest BCUT2D eigenvalue weighted by atomic mass is 10.1. The van der Waals surface area contributed by atoms with E-state index in [0.717, 1.165) is 6.42 Å². The largest absolute Gasteiger partial charge is 0.480 e. The van der Waals surface area contributed by atoms with Crippen LogP contribution in [0.15, 0.2) is 54.6 Å². The number of hydrogen-bond donors (Lipinski definition) is 2. The van der Waals surface area contributed by atoms with Gasteiger partial charge in [-0.05, 0) is 36.6 Å². The molecule has 0 saturated heterocycles. The molecular weight excluding hydrogens is 304 g/mol. The Morgan fingerprint density at radius 3 is 2.33 bits per heavy atom. The highest BCUT2D eigenvalue weighted by Crippen LogP contribution is 2.12. The number of carbonyl (C=O) groups excluding carboxylic acids is 1. The molecule has 0 unspecified atom stereocenters. The predicted molar refractivity (Wildman–Crippen MR) is 94.2 cm³/mol. The van der Waals surface area contributed by atoms with E-state index in [1.165, 1.54) is 11.1 Å². The van der Waals surface area contributed by atoms with E-state index in [9.17, 15) is 9.59 Å². The molecule has 2 aromatic rings. The van der Waals surface area contributed by atoms with Gasteiger partial charge in [-0.25, -0.2) is 0 Å². The number of amides is 1. The number of para-hydroxylation sites is 1. The molecule has 2 N–H and O–H groups in total. The molecule has 0 aromatic heterocycles. The molecule has 2 aromatic carbocycles. The van der Waals surface area contributed by atoms with Crippen LogP contribution in [0.1, 0.15) is 11.1 Å². The fourth-order valence-corrected chi connectivity index (χ4v) is 2.50. The lowest BCUT2D eigenvalue weighted by molar-refractivity contribution is -0.135. The third kappa shape index (κ3) is 5.43. The molecule has 2 rings (SSSR count). The van der Waals surface area contributed by atoms with Crippen molar-refractivity contribution in [2.24, 2.45) is 0 Å². The maximum atomic E-state index is 12.1. The first kappa shape index (κ1) is 17.5. The lowest BCUT2D eigenvalue weighted by Gasteiger charge is -2.22. The van der Waals surface area contributed by atoms with Gasteiger partial charge in [0.2, 0.25) is 5.91 Å². The van der Waals surface area contributed by atoms with Gasteiger partial charge in [0.05, 0.1) is 6.54 Å². The second-order valence-electron chi connectivity index (χ2n) is 5.61. The van der Waals surface area contributed by atoms with Gasteiger partial charge in [0.15, 0.2) is 0 Å². The van der Waals surface area contributed by atoms with E-state index in [2.05, 4.69) is 5.32 Å². The molecular formula is C19H22N2O3. The van der Waals surface area contributed by atoms with Crippen molar-refractivity contribution in [1.29, 1.82) is 0 Å². The predicted octanol–water partition coefficient (Wildman–Crippen LogP) is 2.24. The van der Waals surface area contributed by atoms with Gasteiger partial charge in [-0.2, -0.15) is 0 Å². The van der Waals surface area contributed by atoms with E-state index in [4.69, 9.17) is 5.11 Å². The minimum Gasteiger partial charge on any atom is -0.480 e. The maximum Gasteiger partial charge on any atom is 0.323 e. The van der Waals surface area contributed by atoms with Crippen LogP contribution in [0.25, 0.3) is 0 Å². The zero-order chi connectivity index (χ0) is 17.4. The smallest absolute Gasteiger partial charge is 0.323 e. The summed E-state index contributed by atoms with van der Waals surface area (Å²) in [7, 11) is 0. The van der Waals surface area contributed by atoms with E-state index in [1.807, 2.05) is 49.4 Å². The van der Waals surface area contributed by atoms with Crippen molar-refractivity contribution in [3.8, 4) is 0 Å². The van der Waals surface area contributed by atoms with Crippen molar-refractivity contribution in [2.75, 3.05) is 24.5 Å². The van der Waals surface area contributed by atoms with Gasteiger partial charge in [-0.15, -0.1) is 0 Å². The van der Waals surface area contributed by atoms with E-state index >= 15 is 0 Å². The molecule has 0 radical (unpaired) electrons. The fraction of sp³-hybridized carbons (Fsp3) is 0.263. The standard InChI is InChI=1S/C19H22N2O3/c1-15-7-5-6-8-16(15)11-12-20-18(22)13-21(14-19(23)24)17-9-3-2-4-10-17/h2-10H,11-14H2,1H3,(H,20,22)(H,23,24). The first-order chi connectivity index (χ1) is 11.6. The number of aliphatic carboxylic acids is 1. The number of nitrogens with zero attached hydrogens (tertiary/aromatic N) is 1. The molecule has 5 nitrogen and oxygen atoms in total. The number of rotatable bonds is 8. The molecule has 0 spiro atoms. The van der Waals surface area contributed by atoms with E-state index in [0.29, 0.717) is 12.2 Å². The van der Waals surface area contributed by atoms with Crippen LogP contribution in [0.3, 0.4) is 0 Å². The Hall–Kier alpha value is -2.82. The SMILES string of the molecule is Cc1ccccc1CCNC(=O)CN(CC(=O)O)c1ccccc1. The Labute approximate surface area is 141 Å². The number of carboxylic acids is 1. The Kier molecular flexibility index (Phi) is 6.37. The summed E-state index contributed by atoms with van der Waals surface area (Å²) in [5.74, 6) is -1.15. The van der Waals surface area contributed by atoms with Crippen LogP contribution in [0.4, 0.5) is 5.69 Å². The summed E-state index contributed by atoms with van der Waals surface area (Å²) in [5.41, 5.74) is 3.11. The van der Waals surface area contributed by atoms with Crippen LogP contribution in [0, 0.1) is 6.92 Å². The summed E-state index contributed by atoms with van der Waals surface area (Å²) in [6.07, 6.45) is 0.753. The average molecular weight is 326 g/mol. The molecule has 126 valence electrons. The summed E-state index contributed by atoms with van der Waals surface area (Å²) in [4.78, 5) is 24.7. The molecule has 0 fully saturated rings. The monoisotopic (exact) mass is 326 g/mol. The summed E-state index contributed by atoms with van der Waals surface area (Å²) in [6, 6.07) is 17.1. The number of carboxylic acid groups (broad SMARTS) is 1. The first-order valence-electron chi connectivity index (χ1n) is 7.89. The molecule has 0 saturated carbocycles. The zero-order valence-corrected chi connectivity index (χ0v) is 13.7. The van der Waals surface area contributed by atoms with Gasteiger partial charge in [0, 0.05) is 12.2 Å². The van der Waals surface area contributed by atoms with Crippen molar-refractivity contribution < 1.29 is 14.7 Å².